The van der Waals surface area contributed by atoms with Crippen LogP contribution < -0.4 is 5.32 Å². The largest absolute Gasteiger partial charge is 0.480 e. The fourth-order valence-electron chi connectivity index (χ4n) is 2.23. The van der Waals surface area contributed by atoms with E-state index >= 15 is 0 Å². The van der Waals surface area contributed by atoms with Gasteiger partial charge in [-0.2, -0.15) is 4.98 Å². The van der Waals surface area contributed by atoms with Crippen molar-refractivity contribution in [1.29, 1.82) is 0 Å². The number of carbonyl (C=O) groups is 2. The first-order chi connectivity index (χ1) is 9.79. The van der Waals surface area contributed by atoms with Crippen LogP contribution in [0.4, 0.5) is 0 Å². The van der Waals surface area contributed by atoms with E-state index in [4.69, 9.17) is 9.63 Å². The molecule has 2 rings (SSSR count). The lowest BCUT2D eigenvalue weighted by Gasteiger charge is -2.33. The number of carboxylic acids is 1. The molecule has 0 radical (unpaired) electrons. The van der Waals surface area contributed by atoms with Gasteiger partial charge in [0.1, 0.15) is 6.54 Å². The Kier molecular flexibility index (Phi) is 4.26. The molecular formula is C13H20N4O4. The van der Waals surface area contributed by atoms with Gasteiger partial charge in [0.25, 0.3) is 11.7 Å². The van der Waals surface area contributed by atoms with Crippen LogP contribution >= 0.6 is 0 Å². The van der Waals surface area contributed by atoms with Crippen LogP contribution in [0, 0.1) is 0 Å². The summed E-state index contributed by atoms with van der Waals surface area (Å²) in [5.41, 5.74) is -0.651. The van der Waals surface area contributed by atoms with Gasteiger partial charge in [0, 0.05) is 5.54 Å². The Morgan fingerprint density at radius 2 is 2.19 bits per heavy atom. The number of rotatable bonds is 4. The van der Waals surface area contributed by atoms with Crippen molar-refractivity contribution in [3.8, 4) is 0 Å². The molecule has 2 heterocycles. The molecular weight excluding hydrogens is 276 g/mol. The molecule has 1 aromatic rings. The quantitative estimate of drug-likeness (QED) is 0.846. The smallest absolute Gasteiger partial charge is 0.323 e. The molecule has 0 spiro atoms. The van der Waals surface area contributed by atoms with Crippen LogP contribution in [0.2, 0.25) is 0 Å². The Morgan fingerprint density at radius 3 is 2.71 bits per heavy atom. The van der Waals surface area contributed by atoms with Gasteiger partial charge in [-0.1, -0.05) is 5.16 Å². The second-order valence-electron chi connectivity index (χ2n) is 6.06. The van der Waals surface area contributed by atoms with Crippen molar-refractivity contribution in [2.45, 2.75) is 45.2 Å². The first-order valence-electron chi connectivity index (χ1n) is 6.90. The SMILES string of the molecule is CC(C)(C)N(CC(=O)O)C(=O)c1noc(C2CCCN2)n1. The van der Waals surface area contributed by atoms with E-state index in [0.29, 0.717) is 5.89 Å². The summed E-state index contributed by atoms with van der Waals surface area (Å²) in [6.07, 6.45) is 1.90. The summed E-state index contributed by atoms with van der Waals surface area (Å²) in [6.45, 7) is 5.74. The Bertz CT molecular complexity index is 529. The Labute approximate surface area is 122 Å². The molecule has 1 aliphatic rings. The van der Waals surface area contributed by atoms with Crippen LogP contribution in [0.1, 0.15) is 56.2 Å². The summed E-state index contributed by atoms with van der Waals surface area (Å²) >= 11 is 0. The standard InChI is InChI=1S/C13H20N4O4/c1-13(2,3)17(7-9(18)19)12(20)10-15-11(21-16-10)8-5-4-6-14-8/h8,14H,4-7H2,1-3H3,(H,18,19). The number of carbonyl (C=O) groups excluding carboxylic acids is 1. The molecule has 1 aliphatic heterocycles. The van der Waals surface area contributed by atoms with Crippen LogP contribution in [-0.2, 0) is 4.79 Å². The molecule has 116 valence electrons. The van der Waals surface area contributed by atoms with Crippen LogP contribution in [0.3, 0.4) is 0 Å². The number of nitrogens with one attached hydrogen (secondary N) is 1. The van der Waals surface area contributed by atoms with Crippen molar-refractivity contribution >= 4 is 11.9 Å². The molecule has 1 amide bonds. The van der Waals surface area contributed by atoms with E-state index in [-0.39, 0.29) is 11.9 Å². The molecule has 1 atom stereocenters. The van der Waals surface area contributed by atoms with Gasteiger partial charge in [0.2, 0.25) is 5.89 Å². The Hall–Kier alpha value is -1.96. The van der Waals surface area contributed by atoms with Gasteiger partial charge < -0.3 is 19.8 Å². The summed E-state index contributed by atoms with van der Waals surface area (Å²) < 4.78 is 5.12. The van der Waals surface area contributed by atoms with E-state index in [1.54, 1.807) is 20.8 Å². The lowest BCUT2D eigenvalue weighted by molar-refractivity contribution is -0.138. The van der Waals surface area contributed by atoms with Crippen molar-refractivity contribution in [1.82, 2.24) is 20.4 Å². The third kappa shape index (κ3) is 3.57. The zero-order valence-electron chi connectivity index (χ0n) is 12.4. The number of carboxylic acid groups (broad SMARTS) is 1. The highest BCUT2D eigenvalue weighted by molar-refractivity contribution is 5.92. The molecule has 1 unspecified atom stereocenters. The zero-order valence-corrected chi connectivity index (χ0v) is 12.4. The third-order valence-corrected chi connectivity index (χ3v) is 3.34. The third-order valence-electron chi connectivity index (χ3n) is 3.34. The lowest BCUT2D eigenvalue weighted by atomic mass is 10.1. The number of aromatic nitrogens is 2. The molecule has 1 fully saturated rings. The fourth-order valence-corrected chi connectivity index (χ4v) is 2.23. The van der Waals surface area contributed by atoms with E-state index < -0.39 is 24.0 Å². The fraction of sp³-hybridized carbons (Fsp3) is 0.692. The summed E-state index contributed by atoms with van der Waals surface area (Å²) in [4.78, 5) is 28.7. The number of hydrogen-bond acceptors (Lipinski definition) is 6. The maximum Gasteiger partial charge on any atom is 0.323 e. The second-order valence-corrected chi connectivity index (χ2v) is 6.06. The minimum atomic E-state index is -1.08. The Morgan fingerprint density at radius 1 is 1.48 bits per heavy atom. The molecule has 8 heteroatoms. The molecule has 0 bridgehead atoms. The van der Waals surface area contributed by atoms with E-state index in [2.05, 4.69) is 15.5 Å². The van der Waals surface area contributed by atoms with Gasteiger partial charge in [-0.05, 0) is 40.2 Å². The molecule has 8 nitrogen and oxygen atoms in total. The van der Waals surface area contributed by atoms with Crippen molar-refractivity contribution in [3.63, 3.8) is 0 Å². The summed E-state index contributed by atoms with van der Waals surface area (Å²) in [6, 6.07) is -0.0263. The summed E-state index contributed by atoms with van der Waals surface area (Å²) in [7, 11) is 0. The maximum absolute atomic E-state index is 12.4. The van der Waals surface area contributed by atoms with E-state index in [0.717, 1.165) is 19.4 Å². The minimum absolute atomic E-state index is 0.0263. The normalized spacial score (nSPS) is 18.7. The van der Waals surface area contributed by atoms with Gasteiger partial charge in [0.05, 0.1) is 6.04 Å². The van der Waals surface area contributed by atoms with Gasteiger partial charge >= 0.3 is 5.97 Å². The van der Waals surface area contributed by atoms with Crippen LogP contribution in [0.15, 0.2) is 4.52 Å². The molecule has 1 aromatic heterocycles. The summed E-state index contributed by atoms with van der Waals surface area (Å²) in [5.74, 6) is -1.35. The first-order valence-corrected chi connectivity index (χ1v) is 6.90. The monoisotopic (exact) mass is 296 g/mol. The van der Waals surface area contributed by atoms with Crippen LogP contribution in [0.5, 0.6) is 0 Å². The van der Waals surface area contributed by atoms with E-state index in [9.17, 15) is 9.59 Å². The molecule has 2 N–H and O–H groups in total. The molecule has 0 aliphatic carbocycles. The Balaban J connectivity index is 2.18. The van der Waals surface area contributed by atoms with Crippen molar-refractivity contribution in [3.05, 3.63) is 11.7 Å². The number of amides is 1. The molecule has 21 heavy (non-hydrogen) atoms. The highest BCUT2D eigenvalue weighted by Gasteiger charge is 2.33. The number of aliphatic carboxylic acids is 1. The van der Waals surface area contributed by atoms with Crippen LogP contribution in [0.25, 0.3) is 0 Å². The minimum Gasteiger partial charge on any atom is -0.480 e. The average Bonchev–Trinajstić information content (AvgIpc) is 3.03. The van der Waals surface area contributed by atoms with Gasteiger partial charge in [-0.15, -0.1) is 0 Å². The second kappa shape index (κ2) is 5.80. The van der Waals surface area contributed by atoms with Crippen molar-refractivity contribution < 1.29 is 19.2 Å². The van der Waals surface area contributed by atoms with Crippen LogP contribution in [-0.4, -0.2) is 50.7 Å². The van der Waals surface area contributed by atoms with Gasteiger partial charge in [-0.3, -0.25) is 9.59 Å². The highest BCUT2D eigenvalue weighted by atomic mass is 16.5. The van der Waals surface area contributed by atoms with Gasteiger partial charge in [-0.25, -0.2) is 0 Å². The number of hydrogen-bond donors (Lipinski definition) is 2. The zero-order chi connectivity index (χ0) is 15.6. The topological polar surface area (TPSA) is 109 Å². The van der Waals surface area contributed by atoms with Crippen molar-refractivity contribution in [2.24, 2.45) is 0 Å². The number of nitrogens with zero attached hydrogens (tertiary/aromatic N) is 3. The van der Waals surface area contributed by atoms with Gasteiger partial charge in [0.15, 0.2) is 0 Å². The molecule has 0 saturated carbocycles. The predicted molar refractivity (Wildman–Crippen MR) is 72.7 cm³/mol. The molecule has 0 aromatic carbocycles. The predicted octanol–water partition coefficient (Wildman–Crippen LogP) is 0.819. The van der Waals surface area contributed by atoms with E-state index in [1.807, 2.05) is 0 Å². The lowest BCUT2D eigenvalue weighted by Crippen LogP contribution is -2.48. The summed E-state index contributed by atoms with van der Waals surface area (Å²) in [5, 5.41) is 15.8. The van der Waals surface area contributed by atoms with E-state index in [1.165, 1.54) is 4.90 Å². The highest BCUT2D eigenvalue weighted by Crippen LogP contribution is 2.22. The molecule has 1 saturated heterocycles. The maximum atomic E-state index is 12.4. The average molecular weight is 296 g/mol. The first kappa shape index (κ1) is 15.4. The van der Waals surface area contributed by atoms with Crippen molar-refractivity contribution in [2.75, 3.05) is 13.1 Å².